The number of carbonyl (C=O) groups is 1. The van der Waals surface area contributed by atoms with Crippen molar-refractivity contribution in [3.05, 3.63) is 93.9 Å². The van der Waals surface area contributed by atoms with Gasteiger partial charge in [-0.05, 0) is 55.8 Å². The summed E-state index contributed by atoms with van der Waals surface area (Å²) in [5.41, 5.74) is 2.07. The van der Waals surface area contributed by atoms with Gasteiger partial charge in [-0.3, -0.25) is 9.59 Å². The first kappa shape index (κ1) is 16.7. The van der Waals surface area contributed by atoms with Crippen LogP contribution in [0.3, 0.4) is 0 Å². The minimum absolute atomic E-state index is 0.0263. The Labute approximate surface area is 146 Å². The van der Waals surface area contributed by atoms with Crippen LogP contribution in [0.15, 0.2) is 71.7 Å². The number of rotatable bonds is 5. The number of nitrogens with zero attached hydrogens (tertiary/aromatic N) is 1. The second-order valence-corrected chi connectivity index (χ2v) is 5.94. The summed E-state index contributed by atoms with van der Waals surface area (Å²) in [5, 5.41) is 0. The van der Waals surface area contributed by atoms with E-state index in [4.69, 9.17) is 4.74 Å². The number of para-hydroxylation sites is 1. The Morgan fingerprint density at radius 3 is 2.32 bits per heavy atom. The van der Waals surface area contributed by atoms with Crippen molar-refractivity contribution < 1.29 is 9.53 Å². The highest BCUT2D eigenvalue weighted by Crippen LogP contribution is 2.24. The van der Waals surface area contributed by atoms with Crippen LogP contribution in [0.5, 0.6) is 11.5 Å². The Balaban J connectivity index is 1.74. The lowest BCUT2D eigenvalue weighted by atomic mass is 10.1. The lowest BCUT2D eigenvalue weighted by Crippen LogP contribution is -2.25. The van der Waals surface area contributed by atoms with Crippen molar-refractivity contribution in [1.82, 2.24) is 4.57 Å². The molecule has 0 bridgehead atoms. The molecule has 4 heteroatoms. The minimum atomic E-state index is -0.143. The molecule has 0 radical (unpaired) electrons. The molecule has 0 fully saturated rings. The zero-order chi connectivity index (χ0) is 17.8. The van der Waals surface area contributed by atoms with E-state index in [1.165, 1.54) is 4.57 Å². The Morgan fingerprint density at radius 1 is 0.920 bits per heavy atom. The van der Waals surface area contributed by atoms with Crippen molar-refractivity contribution in [2.75, 3.05) is 0 Å². The van der Waals surface area contributed by atoms with E-state index in [9.17, 15) is 9.59 Å². The first-order valence-electron chi connectivity index (χ1n) is 8.07. The molecule has 2 aromatic carbocycles. The van der Waals surface area contributed by atoms with Crippen molar-refractivity contribution in [3.63, 3.8) is 0 Å². The highest BCUT2D eigenvalue weighted by Gasteiger charge is 2.09. The minimum Gasteiger partial charge on any atom is -0.457 e. The largest absolute Gasteiger partial charge is 0.457 e. The van der Waals surface area contributed by atoms with Crippen molar-refractivity contribution >= 4 is 5.78 Å². The van der Waals surface area contributed by atoms with Gasteiger partial charge in [0.05, 0.1) is 6.54 Å². The van der Waals surface area contributed by atoms with Gasteiger partial charge in [0.1, 0.15) is 11.5 Å². The summed E-state index contributed by atoms with van der Waals surface area (Å²) in [6, 6.07) is 18.2. The zero-order valence-electron chi connectivity index (χ0n) is 14.2. The molecule has 0 atom stereocenters. The highest BCUT2D eigenvalue weighted by molar-refractivity contribution is 5.96. The lowest BCUT2D eigenvalue weighted by Gasteiger charge is -2.09. The van der Waals surface area contributed by atoms with Crippen LogP contribution in [-0.2, 0) is 6.54 Å². The number of pyridine rings is 1. The smallest absolute Gasteiger partial charge is 0.253 e. The van der Waals surface area contributed by atoms with Crippen LogP contribution >= 0.6 is 0 Å². The van der Waals surface area contributed by atoms with Gasteiger partial charge in [0.2, 0.25) is 0 Å². The summed E-state index contributed by atoms with van der Waals surface area (Å²) in [7, 11) is 0. The van der Waals surface area contributed by atoms with Gasteiger partial charge in [0.15, 0.2) is 5.78 Å². The number of hydrogen-bond acceptors (Lipinski definition) is 3. The fraction of sp³-hybridized carbons (Fsp3) is 0.143. The van der Waals surface area contributed by atoms with Crippen molar-refractivity contribution in [1.29, 1.82) is 0 Å². The number of aryl methyl sites for hydroxylation is 2. The van der Waals surface area contributed by atoms with Gasteiger partial charge in [-0.15, -0.1) is 0 Å². The average Bonchev–Trinajstić information content (AvgIpc) is 2.61. The molecule has 0 N–H and O–H groups in total. The summed E-state index contributed by atoms with van der Waals surface area (Å²) < 4.78 is 7.26. The molecule has 0 aliphatic rings. The Bertz CT molecular complexity index is 955. The molecular formula is C21H19NO3. The third kappa shape index (κ3) is 3.86. The second kappa shape index (κ2) is 7.18. The standard InChI is InChI=1S/C21H19NO3/c1-15-6-3-4-8-20(15)25-18-11-9-17(10-12-18)19(23)14-22-13-5-7-16(2)21(22)24/h3-13H,14H2,1-2H3. The topological polar surface area (TPSA) is 48.3 Å². The van der Waals surface area contributed by atoms with E-state index in [0.717, 1.165) is 11.3 Å². The Morgan fingerprint density at radius 2 is 1.60 bits per heavy atom. The molecule has 1 heterocycles. The Kier molecular flexibility index (Phi) is 4.80. The maximum atomic E-state index is 12.4. The first-order valence-corrected chi connectivity index (χ1v) is 8.07. The monoisotopic (exact) mass is 333 g/mol. The fourth-order valence-corrected chi connectivity index (χ4v) is 2.53. The van der Waals surface area contributed by atoms with Gasteiger partial charge in [0.25, 0.3) is 5.56 Å². The second-order valence-electron chi connectivity index (χ2n) is 5.94. The van der Waals surface area contributed by atoms with E-state index in [1.54, 1.807) is 49.5 Å². The average molecular weight is 333 g/mol. The van der Waals surface area contributed by atoms with E-state index >= 15 is 0 Å². The molecule has 0 aliphatic heterocycles. The molecule has 0 aliphatic carbocycles. The van der Waals surface area contributed by atoms with Crippen LogP contribution in [0.4, 0.5) is 0 Å². The van der Waals surface area contributed by atoms with Gasteiger partial charge >= 0.3 is 0 Å². The van der Waals surface area contributed by atoms with Crippen molar-refractivity contribution in [3.8, 4) is 11.5 Å². The number of ketones is 1. The van der Waals surface area contributed by atoms with E-state index < -0.39 is 0 Å². The number of benzene rings is 2. The van der Waals surface area contributed by atoms with E-state index in [-0.39, 0.29) is 17.9 Å². The van der Waals surface area contributed by atoms with Crippen molar-refractivity contribution in [2.24, 2.45) is 0 Å². The summed E-state index contributed by atoms with van der Waals surface area (Å²) in [6.45, 7) is 3.74. The molecular weight excluding hydrogens is 314 g/mol. The summed E-state index contributed by atoms with van der Waals surface area (Å²) >= 11 is 0. The molecule has 25 heavy (non-hydrogen) atoms. The molecule has 0 saturated heterocycles. The predicted octanol–water partition coefficient (Wildman–Crippen LogP) is 4.14. The van der Waals surface area contributed by atoms with Gasteiger partial charge in [-0.2, -0.15) is 0 Å². The SMILES string of the molecule is Cc1ccccc1Oc1ccc(C(=O)Cn2cccc(C)c2=O)cc1. The van der Waals surface area contributed by atoms with Crippen LogP contribution < -0.4 is 10.3 Å². The van der Waals surface area contributed by atoms with E-state index in [1.807, 2.05) is 31.2 Å². The molecule has 3 aromatic rings. The van der Waals surface area contributed by atoms with Crippen LogP contribution in [0, 0.1) is 13.8 Å². The number of Topliss-reactive ketones (excluding diaryl/α,β-unsaturated/α-hetero) is 1. The highest BCUT2D eigenvalue weighted by atomic mass is 16.5. The number of aromatic nitrogens is 1. The third-order valence-electron chi connectivity index (χ3n) is 4.02. The predicted molar refractivity (Wildman–Crippen MR) is 97.5 cm³/mol. The Hall–Kier alpha value is -3.14. The molecule has 0 amide bonds. The molecule has 0 unspecified atom stereocenters. The molecule has 3 rings (SSSR count). The van der Waals surface area contributed by atoms with Crippen LogP contribution in [0.1, 0.15) is 21.5 Å². The van der Waals surface area contributed by atoms with Gasteiger partial charge in [-0.1, -0.05) is 24.3 Å². The van der Waals surface area contributed by atoms with E-state index in [2.05, 4.69) is 0 Å². The molecule has 0 saturated carbocycles. The zero-order valence-corrected chi connectivity index (χ0v) is 14.2. The fourth-order valence-electron chi connectivity index (χ4n) is 2.53. The number of hydrogen-bond donors (Lipinski definition) is 0. The quantitative estimate of drug-likeness (QED) is 0.659. The number of ether oxygens (including phenoxy) is 1. The van der Waals surface area contributed by atoms with Crippen LogP contribution in [0.25, 0.3) is 0 Å². The summed E-state index contributed by atoms with van der Waals surface area (Å²) in [4.78, 5) is 24.4. The van der Waals surface area contributed by atoms with Gasteiger partial charge in [0, 0.05) is 17.3 Å². The van der Waals surface area contributed by atoms with Crippen molar-refractivity contribution in [2.45, 2.75) is 20.4 Å². The van der Waals surface area contributed by atoms with Gasteiger partial charge in [-0.25, -0.2) is 0 Å². The summed E-state index contributed by atoms with van der Waals surface area (Å²) in [6.07, 6.45) is 1.63. The first-order chi connectivity index (χ1) is 12.0. The van der Waals surface area contributed by atoms with Crippen LogP contribution in [0.2, 0.25) is 0 Å². The third-order valence-corrected chi connectivity index (χ3v) is 4.02. The lowest BCUT2D eigenvalue weighted by molar-refractivity contribution is 0.0971. The number of carbonyl (C=O) groups excluding carboxylic acids is 1. The molecule has 4 nitrogen and oxygen atoms in total. The van der Waals surface area contributed by atoms with Crippen LogP contribution in [-0.4, -0.2) is 10.4 Å². The van der Waals surface area contributed by atoms with E-state index in [0.29, 0.717) is 16.9 Å². The molecule has 126 valence electrons. The van der Waals surface area contributed by atoms with Gasteiger partial charge < -0.3 is 9.30 Å². The maximum absolute atomic E-state index is 12.4. The molecule has 1 aromatic heterocycles. The summed E-state index contributed by atoms with van der Waals surface area (Å²) in [5.74, 6) is 1.33. The maximum Gasteiger partial charge on any atom is 0.253 e. The normalized spacial score (nSPS) is 10.5. The molecule has 0 spiro atoms.